The summed E-state index contributed by atoms with van der Waals surface area (Å²) >= 11 is 0. The highest BCUT2D eigenvalue weighted by atomic mass is 32.2. The van der Waals surface area contributed by atoms with E-state index in [1.54, 1.807) is 30.7 Å². The lowest BCUT2D eigenvalue weighted by Gasteiger charge is -2.31. The van der Waals surface area contributed by atoms with Gasteiger partial charge in [-0.1, -0.05) is 0 Å². The van der Waals surface area contributed by atoms with Crippen LogP contribution in [0.2, 0.25) is 0 Å². The van der Waals surface area contributed by atoms with Crippen LogP contribution in [0.4, 0.5) is 4.39 Å². The third-order valence-electron chi connectivity index (χ3n) is 5.77. The van der Waals surface area contributed by atoms with Gasteiger partial charge in [-0.25, -0.2) is 17.8 Å². The molecule has 1 aliphatic heterocycles. The van der Waals surface area contributed by atoms with E-state index in [4.69, 9.17) is 4.74 Å². The normalized spacial score (nSPS) is 15.9. The number of sulfonamides is 1. The van der Waals surface area contributed by atoms with Crippen molar-refractivity contribution in [2.75, 3.05) is 13.1 Å². The van der Waals surface area contributed by atoms with E-state index in [1.807, 2.05) is 12.3 Å². The number of piperidine rings is 1. The van der Waals surface area contributed by atoms with E-state index in [2.05, 4.69) is 4.98 Å². The molecule has 0 unspecified atom stereocenters. The second-order valence-corrected chi connectivity index (χ2v) is 10.4. The van der Waals surface area contributed by atoms with E-state index in [9.17, 15) is 22.7 Å². The maximum atomic E-state index is 14.4. The lowest BCUT2D eigenvalue weighted by atomic mass is 9.90. The molecule has 1 aliphatic rings. The number of carboxylic acid groups (broad SMARTS) is 1. The number of carboxylic acids is 1. The number of nitrogens with zero attached hydrogens (tertiary/aromatic N) is 3. The molecule has 2 aromatic heterocycles. The van der Waals surface area contributed by atoms with Crippen LogP contribution in [0.5, 0.6) is 5.75 Å². The fraction of sp³-hybridized carbons (Fsp3) is 0.391. The number of fused-ring (bicyclic) bond motifs is 1. The van der Waals surface area contributed by atoms with Crippen LogP contribution in [0.25, 0.3) is 11.0 Å². The van der Waals surface area contributed by atoms with Crippen molar-refractivity contribution in [3.05, 3.63) is 54.1 Å². The van der Waals surface area contributed by atoms with Crippen LogP contribution >= 0.6 is 0 Å². The lowest BCUT2D eigenvalue weighted by Crippen LogP contribution is -2.37. The first-order chi connectivity index (χ1) is 15.7. The maximum absolute atomic E-state index is 14.4. The summed E-state index contributed by atoms with van der Waals surface area (Å²) in [6, 6.07) is 7.43. The fourth-order valence-electron chi connectivity index (χ4n) is 4.29. The minimum absolute atomic E-state index is 0.0222. The number of halogens is 1. The number of carbonyl (C=O) groups is 1. The van der Waals surface area contributed by atoms with E-state index in [1.165, 1.54) is 16.4 Å². The minimum Gasteiger partial charge on any atom is -0.488 e. The van der Waals surface area contributed by atoms with Crippen molar-refractivity contribution in [2.24, 2.45) is 0 Å². The quantitative estimate of drug-likeness (QED) is 0.560. The summed E-state index contributed by atoms with van der Waals surface area (Å²) in [6.07, 6.45) is 4.34. The van der Waals surface area contributed by atoms with Crippen LogP contribution in [0.15, 0.2) is 47.6 Å². The Balaban J connectivity index is 1.52. The van der Waals surface area contributed by atoms with E-state index >= 15 is 0 Å². The highest BCUT2D eigenvalue weighted by Gasteiger charge is 2.32. The molecule has 0 bridgehead atoms. The summed E-state index contributed by atoms with van der Waals surface area (Å²) in [7, 11) is -3.85. The van der Waals surface area contributed by atoms with Gasteiger partial charge in [-0.05, 0) is 68.5 Å². The molecular weight excluding hydrogens is 449 g/mol. The van der Waals surface area contributed by atoms with Crippen molar-refractivity contribution < 1.29 is 27.4 Å². The topological polar surface area (TPSA) is 102 Å². The number of ether oxygens (including phenoxy) is 1. The molecular formula is C23H26FN3O5S. The molecule has 10 heteroatoms. The van der Waals surface area contributed by atoms with Gasteiger partial charge in [0, 0.05) is 30.9 Å². The Kier molecular flexibility index (Phi) is 6.40. The molecule has 176 valence electrons. The summed E-state index contributed by atoms with van der Waals surface area (Å²) in [6.45, 7) is 3.91. The fourth-order valence-corrected chi connectivity index (χ4v) is 5.77. The van der Waals surface area contributed by atoms with Crippen LogP contribution in [-0.4, -0.2) is 52.5 Å². The molecule has 0 spiro atoms. The van der Waals surface area contributed by atoms with Gasteiger partial charge in [0.2, 0.25) is 10.0 Å². The predicted molar refractivity (Wildman–Crippen MR) is 120 cm³/mol. The van der Waals surface area contributed by atoms with E-state index in [0.29, 0.717) is 18.5 Å². The van der Waals surface area contributed by atoms with Crippen LogP contribution in [-0.2, 0) is 21.4 Å². The predicted octanol–water partition coefficient (Wildman–Crippen LogP) is 3.62. The second-order valence-electron chi connectivity index (χ2n) is 8.42. The van der Waals surface area contributed by atoms with E-state index in [0.717, 1.165) is 17.0 Å². The van der Waals surface area contributed by atoms with Gasteiger partial charge in [-0.15, -0.1) is 0 Å². The molecule has 0 amide bonds. The zero-order valence-electron chi connectivity index (χ0n) is 18.4. The standard InChI is InChI=1S/C23H26FN3O5S/c1-15(2)32-21-6-5-17(12-20(21)24)33(30,31)27-10-7-16(8-11-27)19-13-26(14-22(28)29)23-18(19)4-3-9-25-23/h3-6,9,12-13,15-16H,7-8,10-11,14H2,1-2H3,(H,28,29). The molecule has 1 aromatic carbocycles. The average molecular weight is 476 g/mol. The number of aromatic nitrogens is 2. The Hall–Kier alpha value is -2.98. The van der Waals surface area contributed by atoms with Crippen molar-refractivity contribution >= 4 is 27.0 Å². The molecule has 33 heavy (non-hydrogen) atoms. The largest absolute Gasteiger partial charge is 0.488 e. The molecule has 4 rings (SSSR count). The summed E-state index contributed by atoms with van der Waals surface area (Å²) in [5, 5.41) is 10.1. The molecule has 1 N–H and O–H groups in total. The SMILES string of the molecule is CC(C)Oc1ccc(S(=O)(=O)N2CCC(c3cn(CC(=O)O)c4ncccc34)CC2)cc1F. The smallest absolute Gasteiger partial charge is 0.323 e. The van der Waals surface area contributed by atoms with Crippen LogP contribution in [0, 0.1) is 5.82 Å². The van der Waals surface area contributed by atoms with Gasteiger partial charge >= 0.3 is 5.97 Å². The molecule has 0 saturated carbocycles. The van der Waals surface area contributed by atoms with E-state index in [-0.39, 0.29) is 42.3 Å². The average Bonchev–Trinajstić information content (AvgIpc) is 3.13. The number of rotatable bonds is 7. The first-order valence-electron chi connectivity index (χ1n) is 10.8. The van der Waals surface area contributed by atoms with Crippen molar-refractivity contribution in [1.82, 2.24) is 13.9 Å². The molecule has 1 fully saturated rings. The van der Waals surface area contributed by atoms with Crippen LogP contribution < -0.4 is 4.74 Å². The first kappa shape index (κ1) is 23.2. The Bertz CT molecular complexity index is 1280. The van der Waals surface area contributed by atoms with Crippen molar-refractivity contribution in [3.63, 3.8) is 0 Å². The summed E-state index contributed by atoms with van der Waals surface area (Å²) in [5.41, 5.74) is 1.57. The van der Waals surface area contributed by atoms with Gasteiger partial charge < -0.3 is 14.4 Å². The summed E-state index contributed by atoms with van der Waals surface area (Å²) in [4.78, 5) is 15.5. The summed E-state index contributed by atoms with van der Waals surface area (Å²) < 4.78 is 48.9. The molecule has 1 saturated heterocycles. The number of hydrogen-bond acceptors (Lipinski definition) is 5. The minimum atomic E-state index is -3.85. The van der Waals surface area contributed by atoms with E-state index < -0.39 is 21.8 Å². The number of pyridine rings is 1. The number of aliphatic carboxylic acids is 1. The molecule has 3 heterocycles. The maximum Gasteiger partial charge on any atom is 0.323 e. The van der Waals surface area contributed by atoms with Gasteiger partial charge in [-0.2, -0.15) is 4.31 Å². The monoisotopic (exact) mass is 475 g/mol. The second kappa shape index (κ2) is 9.11. The van der Waals surface area contributed by atoms with Crippen LogP contribution in [0.1, 0.15) is 38.2 Å². The first-order valence-corrected chi connectivity index (χ1v) is 12.2. The van der Waals surface area contributed by atoms with Crippen molar-refractivity contribution in [2.45, 2.75) is 50.2 Å². The zero-order valence-corrected chi connectivity index (χ0v) is 19.3. The Morgan fingerprint density at radius 3 is 2.64 bits per heavy atom. The highest BCUT2D eigenvalue weighted by Crippen LogP contribution is 2.35. The zero-order chi connectivity index (χ0) is 23.8. The van der Waals surface area contributed by atoms with Gasteiger partial charge in [-0.3, -0.25) is 4.79 Å². The van der Waals surface area contributed by atoms with Gasteiger partial charge in [0.25, 0.3) is 0 Å². The highest BCUT2D eigenvalue weighted by molar-refractivity contribution is 7.89. The third kappa shape index (κ3) is 4.72. The molecule has 0 atom stereocenters. The third-order valence-corrected chi connectivity index (χ3v) is 7.66. The Morgan fingerprint density at radius 2 is 2.00 bits per heavy atom. The van der Waals surface area contributed by atoms with Gasteiger partial charge in [0.15, 0.2) is 11.6 Å². The lowest BCUT2D eigenvalue weighted by molar-refractivity contribution is -0.137. The summed E-state index contributed by atoms with van der Waals surface area (Å²) in [5.74, 6) is -1.58. The number of hydrogen-bond donors (Lipinski definition) is 1. The molecule has 0 radical (unpaired) electrons. The Labute approximate surface area is 191 Å². The van der Waals surface area contributed by atoms with Gasteiger partial charge in [0.05, 0.1) is 11.0 Å². The van der Waals surface area contributed by atoms with Gasteiger partial charge in [0.1, 0.15) is 12.2 Å². The van der Waals surface area contributed by atoms with Crippen molar-refractivity contribution in [1.29, 1.82) is 0 Å². The van der Waals surface area contributed by atoms with Crippen molar-refractivity contribution in [3.8, 4) is 5.75 Å². The molecule has 0 aliphatic carbocycles. The number of benzene rings is 1. The van der Waals surface area contributed by atoms with Crippen LogP contribution in [0.3, 0.4) is 0 Å². The Morgan fingerprint density at radius 1 is 1.27 bits per heavy atom. The molecule has 8 nitrogen and oxygen atoms in total. The molecule has 3 aromatic rings.